The van der Waals surface area contributed by atoms with Crippen LogP contribution in [0.5, 0.6) is 0 Å². The molecule has 4 heteroatoms. The van der Waals surface area contributed by atoms with E-state index in [1.165, 1.54) is 6.42 Å². The minimum absolute atomic E-state index is 0.151. The van der Waals surface area contributed by atoms with Gasteiger partial charge in [-0.2, -0.15) is 0 Å². The summed E-state index contributed by atoms with van der Waals surface area (Å²) in [5.74, 6) is 0.554. The van der Waals surface area contributed by atoms with Gasteiger partial charge in [-0.3, -0.25) is 0 Å². The van der Waals surface area contributed by atoms with Crippen LogP contribution in [-0.4, -0.2) is 31.2 Å². The average Bonchev–Trinajstić information content (AvgIpc) is 2.82. The maximum Gasteiger partial charge on any atom is 0.414 e. The molecular formula is C17H33NO2Si. The van der Waals surface area contributed by atoms with E-state index in [4.69, 9.17) is 4.74 Å². The van der Waals surface area contributed by atoms with Gasteiger partial charge in [-0.15, -0.1) is 0 Å². The number of nitrogens with zero attached hydrogens (tertiary/aromatic N) is 1. The van der Waals surface area contributed by atoms with Crippen LogP contribution >= 0.6 is 0 Å². The van der Waals surface area contributed by atoms with Crippen molar-refractivity contribution in [2.45, 2.75) is 79.7 Å². The van der Waals surface area contributed by atoms with Gasteiger partial charge in [0.1, 0.15) is 8.07 Å². The second kappa shape index (κ2) is 6.15. The fraction of sp³-hybridized carbons (Fsp3) is 0.824. The van der Waals surface area contributed by atoms with E-state index in [-0.39, 0.29) is 18.2 Å². The summed E-state index contributed by atoms with van der Waals surface area (Å²) in [5.41, 5.74) is 0.368. The number of rotatable bonds is 5. The first-order valence-corrected chi connectivity index (χ1v) is 11.6. The minimum atomic E-state index is -1.66. The molecule has 1 aliphatic rings. The van der Waals surface area contributed by atoms with Crippen LogP contribution in [0.4, 0.5) is 4.79 Å². The number of allylic oxidation sites excluding steroid dienone is 1. The van der Waals surface area contributed by atoms with E-state index in [1.807, 2.05) is 32.6 Å². The first-order chi connectivity index (χ1) is 9.36. The molecule has 1 fully saturated rings. The third-order valence-electron chi connectivity index (χ3n) is 4.20. The summed E-state index contributed by atoms with van der Waals surface area (Å²) in [6.45, 7) is 19.4. The van der Waals surface area contributed by atoms with Crippen molar-refractivity contribution in [3.63, 3.8) is 0 Å². The molecule has 21 heavy (non-hydrogen) atoms. The van der Waals surface area contributed by atoms with Gasteiger partial charge >= 0.3 is 6.09 Å². The molecule has 0 unspecified atom stereocenters. The largest absolute Gasteiger partial charge is 0.420 e. The van der Waals surface area contributed by atoms with Crippen molar-refractivity contribution in [3.8, 4) is 0 Å². The third kappa shape index (κ3) is 4.87. The van der Waals surface area contributed by atoms with Gasteiger partial charge in [0.05, 0.1) is 5.38 Å². The number of carbonyl (C=O) groups is 1. The van der Waals surface area contributed by atoms with Gasteiger partial charge in [-0.25, -0.2) is 4.79 Å². The summed E-state index contributed by atoms with van der Waals surface area (Å²) in [7, 11) is -1.66. The quantitative estimate of drug-likeness (QED) is 0.525. The molecule has 0 bridgehead atoms. The molecule has 3 nitrogen and oxygen atoms in total. The summed E-state index contributed by atoms with van der Waals surface area (Å²) < 4.78 is 5.85. The summed E-state index contributed by atoms with van der Waals surface area (Å²) >= 11 is 0. The van der Waals surface area contributed by atoms with Crippen molar-refractivity contribution in [2.24, 2.45) is 11.3 Å². The molecule has 0 aromatic heterocycles. The van der Waals surface area contributed by atoms with Crippen molar-refractivity contribution in [3.05, 3.63) is 11.5 Å². The number of ether oxygens (including phenoxy) is 1. The highest BCUT2D eigenvalue weighted by molar-refractivity contribution is 6.82. The van der Waals surface area contributed by atoms with E-state index in [0.717, 1.165) is 5.38 Å². The fourth-order valence-electron chi connectivity index (χ4n) is 2.58. The molecule has 0 N–H and O–H groups in total. The van der Waals surface area contributed by atoms with Crippen molar-refractivity contribution in [2.75, 3.05) is 0 Å². The fourth-order valence-corrected chi connectivity index (χ4v) is 3.67. The minimum Gasteiger partial charge on any atom is -0.420 e. The van der Waals surface area contributed by atoms with E-state index in [0.29, 0.717) is 11.3 Å². The molecule has 1 atom stereocenters. The number of hydrogen-bond acceptors (Lipinski definition) is 2. The monoisotopic (exact) mass is 311 g/mol. The van der Waals surface area contributed by atoms with Crippen LogP contribution in [-0.2, 0) is 4.74 Å². The number of hydrogen-bond donors (Lipinski definition) is 0. The SMILES string of the molecule is CC(C)N(C(=O)O/C(=C\[C@@H]1CC1(C)C)[Si](C)(C)C)C(C)C. The number of amides is 1. The van der Waals surface area contributed by atoms with Crippen LogP contribution < -0.4 is 0 Å². The molecule has 0 heterocycles. The van der Waals surface area contributed by atoms with Crippen LogP contribution in [0.3, 0.4) is 0 Å². The first kappa shape index (κ1) is 18.3. The highest BCUT2D eigenvalue weighted by Crippen LogP contribution is 2.53. The molecule has 122 valence electrons. The Morgan fingerprint density at radius 2 is 1.62 bits per heavy atom. The smallest absolute Gasteiger partial charge is 0.414 e. The molecule has 0 aromatic rings. The van der Waals surface area contributed by atoms with Crippen LogP contribution in [0.2, 0.25) is 19.6 Å². The predicted molar refractivity (Wildman–Crippen MR) is 91.9 cm³/mol. The van der Waals surface area contributed by atoms with E-state index in [9.17, 15) is 4.79 Å². The van der Waals surface area contributed by atoms with E-state index in [2.05, 4.69) is 39.6 Å². The number of carbonyl (C=O) groups excluding carboxylic acids is 1. The van der Waals surface area contributed by atoms with Crippen LogP contribution in [0, 0.1) is 11.3 Å². The summed E-state index contributed by atoms with van der Waals surface area (Å²) in [6.07, 6.45) is 3.21. The maximum absolute atomic E-state index is 12.5. The van der Waals surface area contributed by atoms with Crippen LogP contribution in [0.25, 0.3) is 0 Å². The predicted octanol–water partition coefficient (Wildman–Crippen LogP) is 5.05. The third-order valence-corrected chi connectivity index (χ3v) is 5.95. The van der Waals surface area contributed by atoms with E-state index < -0.39 is 8.07 Å². The van der Waals surface area contributed by atoms with E-state index >= 15 is 0 Å². The Morgan fingerprint density at radius 3 is 1.90 bits per heavy atom. The highest BCUT2D eigenvalue weighted by atomic mass is 28.3. The van der Waals surface area contributed by atoms with Crippen molar-refractivity contribution < 1.29 is 9.53 Å². The summed E-state index contributed by atoms with van der Waals surface area (Å²) in [4.78, 5) is 14.3. The highest BCUT2D eigenvalue weighted by Gasteiger charge is 2.45. The Bertz CT molecular complexity index is 411. The molecule has 1 rings (SSSR count). The molecule has 0 aliphatic heterocycles. The van der Waals surface area contributed by atoms with Gasteiger partial charge in [0.25, 0.3) is 0 Å². The summed E-state index contributed by atoms with van der Waals surface area (Å²) in [5, 5.41) is 0.939. The van der Waals surface area contributed by atoms with Gasteiger partial charge in [0.2, 0.25) is 0 Å². The van der Waals surface area contributed by atoms with E-state index in [1.54, 1.807) is 0 Å². The Balaban J connectivity index is 2.90. The Hall–Kier alpha value is -0.773. The van der Waals surface area contributed by atoms with Crippen molar-refractivity contribution in [1.29, 1.82) is 0 Å². The molecule has 1 amide bonds. The van der Waals surface area contributed by atoms with Crippen molar-refractivity contribution >= 4 is 14.2 Å². The lowest BCUT2D eigenvalue weighted by Gasteiger charge is -2.31. The molecular weight excluding hydrogens is 278 g/mol. The van der Waals surface area contributed by atoms with Gasteiger partial charge < -0.3 is 9.64 Å². The van der Waals surface area contributed by atoms with Crippen LogP contribution in [0.1, 0.15) is 48.0 Å². The summed E-state index contributed by atoms with van der Waals surface area (Å²) in [6, 6.07) is 0.301. The lowest BCUT2D eigenvalue weighted by Crippen LogP contribution is -2.43. The topological polar surface area (TPSA) is 29.5 Å². The van der Waals surface area contributed by atoms with Gasteiger partial charge in [0, 0.05) is 12.1 Å². The Kier molecular flexibility index (Phi) is 5.35. The molecule has 0 spiro atoms. The van der Waals surface area contributed by atoms with Gasteiger partial charge in [0.15, 0.2) is 0 Å². The molecule has 0 aromatic carbocycles. The molecule has 0 radical (unpaired) electrons. The lowest BCUT2D eigenvalue weighted by atomic mass is 10.1. The standard InChI is InChI=1S/C17H33NO2Si/c1-12(2)18(13(3)4)16(19)20-15(21(7,8)9)10-14-11-17(14,5)6/h10,12-14H,11H2,1-9H3/b15-10+/t14-/m1/s1. The second-order valence-electron chi connectivity index (χ2n) is 8.54. The maximum atomic E-state index is 12.5. The zero-order valence-electron chi connectivity index (χ0n) is 15.3. The zero-order chi connectivity index (χ0) is 16.6. The first-order valence-electron chi connectivity index (χ1n) is 8.08. The van der Waals surface area contributed by atoms with Crippen LogP contribution in [0.15, 0.2) is 11.5 Å². The Labute approximate surface area is 131 Å². The van der Waals surface area contributed by atoms with Gasteiger partial charge in [-0.1, -0.05) is 33.5 Å². The average molecular weight is 312 g/mol. The van der Waals surface area contributed by atoms with Gasteiger partial charge in [-0.05, 0) is 51.5 Å². The molecule has 1 aliphatic carbocycles. The molecule has 0 saturated heterocycles. The second-order valence-corrected chi connectivity index (χ2v) is 13.5. The Morgan fingerprint density at radius 1 is 1.19 bits per heavy atom. The lowest BCUT2D eigenvalue weighted by molar-refractivity contribution is 0.105. The normalized spacial score (nSPS) is 21.7. The van der Waals surface area contributed by atoms with Crippen molar-refractivity contribution in [1.82, 2.24) is 4.90 Å². The zero-order valence-corrected chi connectivity index (χ0v) is 16.3. The molecule has 1 saturated carbocycles.